The molecule has 2 N–H and O–H groups in total. The van der Waals surface area contributed by atoms with Crippen LogP contribution in [0.1, 0.15) is 22.8 Å². The van der Waals surface area contributed by atoms with E-state index in [0.29, 0.717) is 24.7 Å². The zero-order valence-electron chi connectivity index (χ0n) is 8.60. The molecule has 0 aliphatic heterocycles. The highest BCUT2D eigenvalue weighted by Crippen LogP contribution is 2.09. The van der Waals surface area contributed by atoms with Crippen LogP contribution in [-0.2, 0) is 13.0 Å². The van der Waals surface area contributed by atoms with Gasteiger partial charge in [-0.15, -0.1) is 0 Å². The molecule has 0 fully saturated rings. The van der Waals surface area contributed by atoms with Gasteiger partial charge in [0.15, 0.2) is 5.82 Å². The van der Waals surface area contributed by atoms with Gasteiger partial charge >= 0.3 is 0 Å². The van der Waals surface area contributed by atoms with Gasteiger partial charge in [0.25, 0.3) is 0 Å². The van der Waals surface area contributed by atoms with Crippen molar-refractivity contribution in [2.75, 3.05) is 0 Å². The summed E-state index contributed by atoms with van der Waals surface area (Å²) >= 11 is 0. The first-order valence-electron chi connectivity index (χ1n) is 4.85. The summed E-state index contributed by atoms with van der Waals surface area (Å²) in [6.45, 7) is 2.37. The fraction of sp³-hybridized carbons (Fsp3) is 0.273. The van der Waals surface area contributed by atoms with Crippen molar-refractivity contribution in [3.05, 3.63) is 47.1 Å². The minimum atomic E-state index is 0.317. The first kappa shape index (κ1) is 9.86. The van der Waals surface area contributed by atoms with Gasteiger partial charge in [0, 0.05) is 0 Å². The summed E-state index contributed by atoms with van der Waals surface area (Å²) in [6, 6.07) is 8.22. The molecule has 0 aliphatic rings. The number of nitrogens with zero attached hydrogens (tertiary/aromatic N) is 2. The molecule has 15 heavy (non-hydrogen) atoms. The standard InChI is InChI=1S/C11H13N3O/c1-8-3-2-4-9(5-8)6-11-13-10(7-12)14-15-11/h2-5H,6-7,12H2,1H3. The lowest BCUT2D eigenvalue weighted by Crippen LogP contribution is -1.98. The predicted molar refractivity (Wildman–Crippen MR) is 56.2 cm³/mol. The molecule has 0 aliphatic carbocycles. The van der Waals surface area contributed by atoms with Crippen LogP contribution in [0.2, 0.25) is 0 Å². The molecular formula is C11H13N3O. The van der Waals surface area contributed by atoms with Crippen molar-refractivity contribution < 1.29 is 4.52 Å². The molecule has 0 unspecified atom stereocenters. The summed E-state index contributed by atoms with van der Waals surface area (Å²) in [5, 5.41) is 3.74. The molecular weight excluding hydrogens is 190 g/mol. The number of rotatable bonds is 3. The summed E-state index contributed by atoms with van der Waals surface area (Å²) in [7, 11) is 0. The van der Waals surface area contributed by atoms with Crippen molar-refractivity contribution in [3.63, 3.8) is 0 Å². The smallest absolute Gasteiger partial charge is 0.231 e. The lowest BCUT2D eigenvalue weighted by atomic mass is 10.1. The second kappa shape index (κ2) is 4.23. The highest BCUT2D eigenvalue weighted by Gasteiger charge is 2.05. The Kier molecular flexibility index (Phi) is 2.78. The van der Waals surface area contributed by atoms with Gasteiger partial charge in [-0.2, -0.15) is 4.98 Å². The van der Waals surface area contributed by atoms with E-state index in [2.05, 4.69) is 29.2 Å². The summed E-state index contributed by atoms with van der Waals surface area (Å²) in [4.78, 5) is 4.15. The van der Waals surface area contributed by atoms with Crippen LogP contribution in [0.5, 0.6) is 0 Å². The van der Waals surface area contributed by atoms with Gasteiger partial charge in [0.05, 0.1) is 13.0 Å². The van der Waals surface area contributed by atoms with Crippen LogP contribution in [0.3, 0.4) is 0 Å². The second-order valence-corrected chi connectivity index (χ2v) is 3.47. The van der Waals surface area contributed by atoms with Gasteiger partial charge in [-0.1, -0.05) is 35.0 Å². The van der Waals surface area contributed by atoms with Crippen molar-refractivity contribution in [1.29, 1.82) is 0 Å². The molecule has 0 atom stereocenters. The Hall–Kier alpha value is -1.68. The van der Waals surface area contributed by atoms with Crippen molar-refractivity contribution >= 4 is 0 Å². The Morgan fingerprint density at radius 1 is 1.40 bits per heavy atom. The van der Waals surface area contributed by atoms with E-state index < -0.39 is 0 Å². The van der Waals surface area contributed by atoms with E-state index in [1.807, 2.05) is 12.1 Å². The number of benzene rings is 1. The molecule has 1 heterocycles. The molecule has 4 nitrogen and oxygen atoms in total. The maximum Gasteiger partial charge on any atom is 0.231 e. The lowest BCUT2D eigenvalue weighted by Gasteiger charge is -1.97. The largest absolute Gasteiger partial charge is 0.339 e. The van der Waals surface area contributed by atoms with Crippen LogP contribution in [0.4, 0.5) is 0 Å². The zero-order valence-corrected chi connectivity index (χ0v) is 8.60. The van der Waals surface area contributed by atoms with Crippen LogP contribution in [0.25, 0.3) is 0 Å². The minimum Gasteiger partial charge on any atom is -0.339 e. The van der Waals surface area contributed by atoms with Gasteiger partial charge in [0.1, 0.15) is 0 Å². The number of hydrogen-bond acceptors (Lipinski definition) is 4. The lowest BCUT2D eigenvalue weighted by molar-refractivity contribution is 0.379. The van der Waals surface area contributed by atoms with Gasteiger partial charge < -0.3 is 10.3 Å². The average molecular weight is 203 g/mol. The molecule has 2 rings (SSSR count). The van der Waals surface area contributed by atoms with Crippen LogP contribution in [-0.4, -0.2) is 10.1 Å². The summed E-state index contributed by atoms with van der Waals surface area (Å²) in [6.07, 6.45) is 0.661. The molecule has 1 aromatic carbocycles. The molecule has 0 bridgehead atoms. The van der Waals surface area contributed by atoms with Crippen LogP contribution in [0.15, 0.2) is 28.8 Å². The van der Waals surface area contributed by atoms with E-state index in [0.717, 1.165) is 0 Å². The van der Waals surface area contributed by atoms with Crippen molar-refractivity contribution in [3.8, 4) is 0 Å². The van der Waals surface area contributed by atoms with E-state index in [1.165, 1.54) is 11.1 Å². The number of aromatic nitrogens is 2. The first-order chi connectivity index (χ1) is 7.28. The Morgan fingerprint density at radius 3 is 2.93 bits per heavy atom. The molecule has 0 amide bonds. The van der Waals surface area contributed by atoms with E-state index in [1.54, 1.807) is 0 Å². The monoisotopic (exact) mass is 203 g/mol. The van der Waals surface area contributed by atoms with Gasteiger partial charge in [-0.3, -0.25) is 0 Å². The molecule has 0 saturated carbocycles. The van der Waals surface area contributed by atoms with Gasteiger partial charge in [-0.25, -0.2) is 0 Å². The second-order valence-electron chi connectivity index (χ2n) is 3.47. The maximum atomic E-state index is 5.40. The Morgan fingerprint density at radius 2 is 2.27 bits per heavy atom. The Bertz CT molecular complexity index is 451. The van der Waals surface area contributed by atoms with E-state index in [4.69, 9.17) is 10.3 Å². The molecule has 0 radical (unpaired) electrons. The first-order valence-corrected chi connectivity index (χ1v) is 4.85. The van der Waals surface area contributed by atoms with E-state index in [9.17, 15) is 0 Å². The fourth-order valence-electron chi connectivity index (χ4n) is 1.44. The van der Waals surface area contributed by atoms with Crippen molar-refractivity contribution in [2.45, 2.75) is 19.9 Å². The SMILES string of the molecule is Cc1cccc(Cc2nc(CN)no2)c1. The van der Waals surface area contributed by atoms with Crippen molar-refractivity contribution in [1.82, 2.24) is 10.1 Å². The highest BCUT2D eigenvalue weighted by atomic mass is 16.5. The molecule has 1 aromatic heterocycles. The predicted octanol–water partition coefficient (Wildman–Crippen LogP) is 1.43. The minimum absolute atomic E-state index is 0.317. The zero-order chi connectivity index (χ0) is 10.7. The van der Waals surface area contributed by atoms with Gasteiger partial charge in [0.2, 0.25) is 5.89 Å². The summed E-state index contributed by atoms with van der Waals surface area (Å²) in [5.74, 6) is 1.17. The highest BCUT2D eigenvalue weighted by molar-refractivity contribution is 5.24. The third kappa shape index (κ3) is 2.41. The Balaban J connectivity index is 2.14. The number of hydrogen-bond donors (Lipinski definition) is 1. The summed E-state index contributed by atoms with van der Waals surface area (Å²) in [5.41, 5.74) is 7.79. The molecule has 0 spiro atoms. The van der Waals surface area contributed by atoms with E-state index in [-0.39, 0.29) is 0 Å². The van der Waals surface area contributed by atoms with Crippen molar-refractivity contribution in [2.24, 2.45) is 5.73 Å². The topological polar surface area (TPSA) is 64.9 Å². The Labute approximate surface area is 88.1 Å². The molecule has 4 heteroatoms. The summed E-state index contributed by atoms with van der Waals surface area (Å²) < 4.78 is 5.06. The quantitative estimate of drug-likeness (QED) is 0.819. The third-order valence-electron chi connectivity index (χ3n) is 2.13. The van der Waals surface area contributed by atoms with Crippen LogP contribution >= 0.6 is 0 Å². The molecule has 2 aromatic rings. The normalized spacial score (nSPS) is 10.5. The molecule has 78 valence electrons. The average Bonchev–Trinajstić information content (AvgIpc) is 2.65. The van der Waals surface area contributed by atoms with Gasteiger partial charge in [-0.05, 0) is 12.5 Å². The van der Waals surface area contributed by atoms with E-state index >= 15 is 0 Å². The van der Waals surface area contributed by atoms with Crippen LogP contribution < -0.4 is 5.73 Å². The molecule has 0 saturated heterocycles. The number of nitrogens with two attached hydrogens (primary N) is 1. The number of aryl methyl sites for hydroxylation is 1. The third-order valence-corrected chi connectivity index (χ3v) is 2.13. The van der Waals surface area contributed by atoms with Crippen LogP contribution in [0, 0.1) is 6.92 Å². The maximum absolute atomic E-state index is 5.40. The fourth-order valence-corrected chi connectivity index (χ4v) is 1.44.